The average molecular weight is 654 g/mol. The maximum atomic E-state index is 11.4. The molecule has 0 aliphatic carbocycles. The monoisotopic (exact) mass is 654 g/mol. The molecule has 1 aromatic carbocycles. The van der Waals surface area contributed by atoms with Crippen LogP contribution in [0.15, 0.2) is 12.1 Å². The van der Waals surface area contributed by atoms with E-state index in [9.17, 15) is 10.1 Å². The molecule has 27 heavy (non-hydrogen) atoms. The van der Waals surface area contributed by atoms with Crippen molar-refractivity contribution >= 4 is 14.5 Å². The van der Waals surface area contributed by atoms with Gasteiger partial charge >= 0.3 is 120 Å². The van der Waals surface area contributed by atoms with E-state index in [1.165, 1.54) is 13.2 Å². The first kappa shape index (κ1) is 22.3. The molecule has 0 amide bonds. The van der Waals surface area contributed by atoms with Crippen LogP contribution in [0.5, 0.6) is 11.5 Å². The standard InChI is InChI=1S/C16H27N2O7Si.Rf/c1-21-15-10-13(14(18(19)20)11-16(15)22-2)12-17-8-6-7-9-26(23-3,24-4)25-5;/h10-11,17H,2,6-9,12H2,1,3-5H3;. The summed E-state index contributed by atoms with van der Waals surface area (Å²) >= 11 is 0. The number of rotatable bonds is 14. The van der Waals surface area contributed by atoms with E-state index >= 15 is 0 Å². The van der Waals surface area contributed by atoms with Gasteiger partial charge in [0.15, 0.2) is 0 Å². The molecule has 0 radical (unpaired) electrons. The van der Waals surface area contributed by atoms with Crippen LogP contribution in [0.4, 0.5) is 5.69 Å². The van der Waals surface area contributed by atoms with Crippen LogP contribution in [0.1, 0.15) is 18.4 Å². The molecule has 0 saturated carbocycles. The van der Waals surface area contributed by atoms with Gasteiger partial charge in [-0.05, 0) is 0 Å². The van der Waals surface area contributed by atoms with Gasteiger partial charge in [0.25, 0.3) is 0 Å². The number of nitro groups is 1. The van der Waals surface area contributed by atoms with Gasteiger partial charge in [-0.2, -0.15) is 0 Å². The molecule has 0 aliphatic heterocycles. The van der Waals surface area contributed by atoms with E-state index in [0.29, 0.717) is 37.3 Å². The van der Waals surface area contributed by atoms with E-state index in [2.05, 4.69) is 5.32 Å². The second-order valence-corrected chi connectivity index (χ2v) is 10.6. The van der Waals surface area contributed by atoms with Gasteiger partial charge in [-0.1, -0.05) is 0 Å². The minimum absolute atomic E-state index is 0.0337. The Morgan fingerprint density at radius 2 is 1.78 bits per heavy atom. The van der Waals surface area contributed by atoms with Crippen molar-refractivity contribution in [3.05, 3.63) is 27.8 Å². The van der Waals surface area contributed by atoms with Crippen LogP contribution in [-0.2, 0) is 19.8 Å². The number of ether oxygens (including phenoxy) is 2. The number of hydrogen-bond donors (Lipinski definition) is 1. The van der Waals surface area contributed by atoms with Crippen LogP contribution in [0, 0.1) is 10.1 Å². The molecule has 0 saturated heterocycles. The summed E-state index contributed by atoms with van der Waals surface area (Å²) in [4.78, 5) is 11.0. The van der Waals surface area contributed by atoms with E-state index in [1.807, 2.05) is 0 Å². The summed E-state index contributed by atoms with van der Waals surface area (Å²) in [6, 6.07) is 3.84. The van der Waals surface area contributed by atoms with Gasteiger partial charge in [0.1, 0.15) is 0 Å². The van der Waals surface area contributed by atoms with Crippen molar-refractivity contribution in [1.82, 2.24) is 5.32 Å². The van der Waals surface area contributed by atoms with Gasteiger partial charge in [-0.15, -0.1) is 0 Å². The molecule has 1 aromatic rings. The van der Waals surface area contributed by atoms with Gasteiger partial charge in [0.2, 0.25) is 0 Å². The summed E-state index contributed by atoms with van der Waals surface area (Å²) in [6.45, 7) is 1.09. The maximum absolute atomic E-state index is 11.4. The van der Waals surface area contributed by atoms with E-state index in [0.717, 1.165) is 18.9 Å². The number of nitrogens with zero attached hydrogens (tertiary/aromatic N) is 1. The van der Waals surface area contributed by atoms with Crippen molar-refractivity contribution in [2.24, 2.45) is 0 Å². The van der Waals surface area contributed by atoms with Crippen molar-refractivity contribution in [3.8, 4) is 11.5 Å². The molecule has 149 valence electrons. The normalized spacial score (nSPS) is 11.5. The van der Waals surface area contributed by atoms with Crippen LogP contribution in [0.3, 0.4) is 0 Å². The molecule has 1 N–H and O–H groups in total. The molecule has 0 aliphatic rings. The van der Waals surface area contributed by atoms with Gasteiger partial charge in [-0.25, -0.2) is 0 Å². The fourth-order valence-electron chi connectivity index (χ4n) is 2.66. The van der Waals surface area contributed by atoms with Crippen molar-refractivity contribution in [2.45, 2.75) is 25.4 Å². The van der Waals surface area contributed by atoms with Crippen LogP contribution in [-0.4, -0.2) is 55.8 Å². The average Bonchev–Trinajstić information content (AvgIpc) is 2.68. The second-order valence-electron chi connectivity index (χ2n) is 5.67. The summed E-state index contributed by atoms with van der Waals surface area (Å²) in [6.07, 6.45) is 1.75. The molecule has 0 bridgehead atoms. The molecule has 0 fully saturated rings. The molecule has 9 nitrogen and oxygen atoms in total. The molecule has 0 spiro atoms. The molecular formula is C16H27N2O7RfSi. The van der Waals surface area contributed by atoms with E-state index < -0.39 is 13.7 Å². The zero-order valence-electron chi connectivity index (χ0n) is 16.4. The fourth-order valence-corrected chi connectivity index (χ4v) is 5.45. The molecular weight excluding hydrogens is 627 g/mol. The zero-order valence-corrected chi connectivity index (χ0v) is 23.8. The molecule has 0 aromatic heterocycles. The molecule has 11 heteroatoms. The topological polar surface area (TPSA) is 101 Å². The van der Waals surface area contributed by atoms with Crippen molar-refractivity contribution in [1.29, 1.82) is 0 Å². The summed E-state index contributed by atoms with van der Waals surface area (Å²) in [5.41, 5.74) is 0.601. The van der Waals surface area contributed by atoms with Gasteiger partial charge < -0.3 is 13.3 Å². The summed E-state index contributed by atoms with van der Waals surface area (Å²) in [5.74, 6) is 0.938. The Balaban J connectivity index is 2.62. The van der Waals surface area contributed by atoms with Crippen LogP contribution in [0.25, 0.3) is 0 Å². The van der Waals surface area contributed by atoms with E-state index in [4.69, 9.17) is 22.8 Å². The quantitative estimate of drug-likeness (QED) is 0.141. The number of nitro benzene ring substituents is 1. The number of unbranched alkanes of at least 4 members (excludes halogenated alkanes) is 1. The Morgan fingerprint density at radius 3 is 2.30 bits per heavy atom. The Kier molecular flexibility index (Phi) is 9.17. The first-order chi connectivity index (χ1) is 13.0. The molecule has 0 unspecified atom stereocenters. The van der Waals surface area contributed by atoms with E-state index in [1.54, 1.807) is 27.4 Å². The predicted molar refractivity (Wildman–Crippen MR) is 97.7 cm³/mol. The summed E-state index contributed by atoms with van der Waals surface area (Å²) in [7, 11) is 4.40. The van der Waals surface area contributed by atoms with Crippen LogP contribution < -0.4 is 14.8 Å². The third-order valence-electron chi connectivity index (χ3n) is 4.15. The van der Waals surface area contributed by atoms with E-state index in [-0.39, 0.29) is 5.69 Å². The first-order valence-electron chi connectivity index (χ1n) is 8.60. The van der Waals surface area contributed by atoms with Gasteiger partial charge in [0, 0.05) is 21.3 Å². The first-order valence-corrected chi connectivity index (χ1v) is 15.1. The third-order valence-corrected chi connectivity index (χ3v) is 7.91. The second kappa shape index (κ2) is 11.1. The number of methoxy groups -OCH3 is 1. The summed E-state index contributed by atoms with van der Waals surface area (Å²) < 4.78 is 27.3. The fraction of sp³-hybridized carbons (Fsp3) is 0.625. The van der Waals surface area contributed by atoms with Gasteiger partial charge in [0.05, 0.1) is 0 Å². The Morgan fingerprint density at radius 1 is 1.11 bits per heavy atom. The Hall–Kier alpha value is -2.72. The Labute approximate surface area is 155 Å². The molecule has 0 atom stereocenters. The zero-order chi connectivity index (χ0) is 20.3. The van der Waals surface area contributed by atoms with Crippen LogP contribution >= 0.6 is 0 Å². The number of benzene rings is 1. The number of nitrogens with one attached hydrogen (secondary N) is 1. The third kappa shape index (κ3) is 6.18. The SMILES string of the molecule is COc1cc(CNCCCC[Si](OC)(OC)OC)c([N+](=O)[O-])cc1O[CH2][Rf]. The van der Waals surface area contributed by atoms with Crippen LogP contribution in [0.2, 0.25) is 6.04 Å². The van der Waals surface area contributed by atoms with Crippen molar-refractivity contribution in [2.75, 3.05) is 42.1 Å². The van der Waals surface area contributed by atoms with Crippen molar-refractivity contribution in [3.63, 3.8) is 0 Å². The Bertz CT molecular complexity index is 594. The predicted octanol–water partition coefficient (Wildman–Crippen LogP) is 2.24. The molecule has 0 heterocycles. The van der Waals surface area contributed by atoms with Crippen molar-refractivity contribution < 1.29 is 27.7 Å². The van der Waals surface area contributed by atoms with Gasteiger partial charge in [-0.3, -0.25) is 0 Å². The molecule has 1 rings (SSSR count). The summed E-state index contributed by atoms with van der Waals surface area (Å²) in [5, 5.41) is 14.6. The number of hydrogen-bond acceptors (Lipinski definition) is 8. The minimum atomic E-state index is -2.54.